The number of nitrogens with zero attached hydrogens (tertiary/aromatic N) is 1. The third-order valence-corrected chi connectivity index (χ3v) is 4.07. The predicted octanol–water partition coefficient (Wildman–Crippen LogP) is 0.749. The van der Waals surface area contributed by atoms with Gasteiger partial charge in [-0.3, -0.25) is 4.79 Å². The summed E-state index contributed by atoms with van der Waals surface area (Å²) in [6.45, 7) is 3.02. The molecule has 1 atom stereocenters. The highest BCUT2D eigenvalue weighted by Crippen LogP contribution is 2.21. The van der Waals surface area contributed by atoms with Crippen LogP contribution in [0.3, 0.4) is 0 Å². The molecule has 0 aromatic rings. The number of hydrogen-bond donors (Lipinski definition) is 2. The van der Waals surface area contributed by atoms with Gasteiger partial charge in [0, 0.05) is 19.7 Å². The van der Waals surface area contributed by atoms with E-state index in [1.807, 2.05) is 4.90 Å². The van der Waals surface area contributed by atoms with Gasteiger partial charge in [0.2, 0.25) is 5.91 Å². The van der Waals surface area contributed by atoms with Gasteiger partial charge < -0.3 is 15.3 Å². The van der Waals surface area contributed by atoms with E-state index in [1.165, 1.54) is 12.8 Å². The first-order valence-corrected chi connectivity index (χ1v) is 6.94. The van der Waals surface area contributed by atoms with Crippen molar-refractivity contribution in [1.29, 1.82) is 0 Å². The second-order valence-corrected chi connectivity index (χ2v) is 5.28. The molecule has 4 nitrogen and oxygen atoms in total. The van der Waals surface area contributed by atoms with Crippen molar-refractivity contribution in [1.82, 2.24) is 10.2 Å². The number of aliphatic hydroxyl groups excluding tert-OH is 1. The smallest absolute Gasteiger partial charge is 0.239 e. The number of carbonyl (C=O) groups is 1. The first-order valence-electron chi connectivity index (χ1n) is 6.94. The van der Waals surface area contributed by atoms with Crippen LogP contribution < -0.4 is 5.32 Å². The van der Waals surface area contributed by atoms with E-state index in [0.717, 1.165) is 45.3 Å². The highest BCUT2D eigenvalue weighted by Gasteiger charge is 2.28. The Hall–Kier alpha value is -0.610. The highest BCUT2D eigenvalue weighted by molar-refractivity contribution is 5.82. The molecule has 0 aromatic heterocycles. The largest absolute Gasteiger partial charge is 0.396 e. The van der Waals surface area contributed by atoms with Crippen LogP contribution in [0.1, 0.15) is 38.5 Å². The number of nitrogens with one attached hydrogen (secondary N) is 1. The average molecular weight is 240 g/mol. The molecule has 0 aromatic carbocycles. The maximum Gasteiger partial charge on any atom is 0.239 e. The van der Waals surface area contributed by atoms with Gasteiger partial charge in [-0.25, -0.2) is 0 Å². The molecule has 2 N–H and O–H groups in total. The Morgan fingerprint density at radius 2 is 2.00 bits per heavy atom. The normalized spacial score (nSPS) is 27.1. The fourth-order valence-corrected chi connectivity index (χ4v) is 2.91. The molecule has 0 spiro atoms. The standard InChI is InChI=1S/C13H24N2O2/c16-10-6-11-4-8-15(9-5-11)13(17)12-3-1-2-7-14-12/h11-12,14,16H,1-10H2. The van der Waals surface area contributed by atoms with Crippen LogP contribution in [0, 0.1) is 5.92 Å². The number of piperidine rings is 2. The molecule has 2 heterocycles. The molecule has 2 rings (SSSR count). The van der Waals surface area contributed by atoms with E-state index in [4.69, 9.17) is 5.11 Å². The zero-order valence-corrected chi connectivity index (χ0v) is 10.5. The molecule has 0 radical (unpaired) electrons. The molecule has 2 aliphatic rings. The summed E-state index contributed by atoms with van der Waals surface area (Å²) in [5.41, 5.74) is 0. The Labute approximate surface area is 103 Å². The summed E-state index contributed by atoms with van der Waals surface area (Å²) < 4.78 is 0. The van der Waals surface area contributed by atoms with Gasteiger partial charge in [0.15, 0.2) is 0 Å². The van der Waals surface area contributed by atoms with E-state index < -0.39 is 0 Å². The molecule has 1 unspecified atom stereocenters. The van der Waals surface area contributed by atoms with E-state index in [0.29, 0.717) is 11.8 Å². The van der Waals surface area contributed by atoms with Gasteiger partial charge in [-0.15, -0.1) is 0 Å². The average Bonchev–Trinajstić information content (AvgIpc) is 2.40. The SMILES string of the molecule is O=C(C1CCCCN1)N1CCC(CCO)CC1. The molecule has 4 heteroatoms. The lowest BCUT2D eigenvalue weighted by Gasteiger charge is -2.35. The van der Waals surface area contributed by atoms with Crippen LogP contribution in [-0.4, -0.2) is 48.2 Å². The molecule has 98 valence electrons. The van der Waals surface area contributed by atoms with Crippen molar-refractivity contribution in [2.75, 3.05) is 26.2 Å². The molecule has 0 aliphatic carbocycles. The number of aliphatic hydroxyl groups is 1. The van der Waals surface area contributed by atoms with Crippen LogP contribution in [0.5, 0.6) is 0 Å². The molecule has 2 aliphatic heterocycles. The Morgan fingerprint density at radius 1 is 1.24 bits per heavy atom. The minimum atomic E-state index is 0.0677. The third-order valence-electron chi connectivity index (χ3n) is 4.07. The van der Waals surface area contributed by atoms with Crippen molar-refractivity contribution < 1.29 is 9.90 Å². The molecule has 0 saturated carbocycles. The quantitative estimate of drug-likeness (QED) is 0.765. The topological polar surface area (TPSA) is 52.6 Å². The van der Waals surface area contributed by atoms with Crippen molar-refractivity contribution in [3.63, 3.8) is 0 Å². The Balaban J connectivity index is 1.77. The van der Waals surface area contributed by atoms with Gasteiger partial charge in [-0.05, 0) is 44.6 Å². The molecule has 17 heavy (non-hydrogen) atoms. The Morgan fingerprint density at radius 3 is 2.59 bits per heavy atom. The molecular formula is C13H24N2O2. The summed E-state index contributed by atoms with van der Waals surface area (Å²) >= 11 is 0. The third kappa shape index (κ3) is 3.42. The Kier molecular flexibility index (Phi) is 4.80. The zero-order chi connectivity index (χ0) is 12.1. The van der Waals surface area contributed by atoms with Crippen molar-refractivity contribution >= 4 is 5.91 Å². The van der Waals surface area contributed by atoms with Crippen molar-refractivity contribution in [2.45, 2.75) is 44.6 Å². The van der Waals surface area contributed by atoms with Gasteiger partial charge in [0.05, 0.1) is 6.04 Å². The van der Waals surface area contributed by atoms with Crippen LogP contribution in [0.2, 0.25) is 0 Å². The monoisotopic (exact) mass is 240 g/mol. The molecule has 2 fully saturated rings. The maximum atomic E-state index is 12.2. The van der Waals surface area contributed by atoms with Crippen LogP contribution in [0.4, 0.5) is 0 Å². The van der Waals surface area contributed by atoms with E-state index in [2.05, 4.69) is 5.32 Å². The van der Waals surface area contributed by atoms with E-state index in [9.17, 15) is 4.79 Å². The Bertz CT molecular complexity index is 244. The lowest BCUT2D eigenvalue weighted by molar-refractivity contribution is -0.135. The predicted molar refractivity (Wildman–Crippen MR) is 66.6 cm³/mol. The molecule has 1 amide bonds. The minimum Gasteiger partial charge on any atom is -0.396 e. The molecule has 2 saturated heterocycles. The van der Waals surface area contributed by atoms with Crippen molar-refractivity contribution in [3.05, 3.63) is 0 Å². The fraction of sp³-hybridized carbons (Fsp3) is 0.923. The van der Waals surface area contributed by atoms with Crippen LogP contribution in [0.25, 0.3) is 0 Å². The van der Waals surface area contributed by atoms with Crippen molar-refractivity contribution in [2.24, 2.45) is 5.92 Å². The van der Waals surface area contributed by atoms with Crippen LogP contribution in [-0.2, 0) is 4.79 Å². The van der Waals surface area contributed by atoms with Gasteiger partial charge in [-0.1, -0.05) is 6.42 Å². The second kappa shape index (κ2) is 6.36. The van der Waals surface area contributed by atoms with Gasteiger partial charge in [0.25, 0.3) is 0 Å². The summed E-state index contributed by atoms with van der Waals surface area (Å²) in [5, 5.41) is 12.2. The number of rotatable bonds is 3. The number of amides is 1. The lowest BCUT2D eigenvalue weighted by Crippen LogP contribution is -2.50. The van der Waals surface area contributed by atoms with E-state index in [-0.39, 0.29) is 12.6 Å². The first-order chi connectivity index (χ1) is 8.31. The number of likely N-dealkylation sites (tertiary alicyclic amines) is 1. The first kappa shape index (κ1) is 12.8. The van der Waals surface area contributed by atoms with Gasteiger partial charge >= 0.3 is 0 Å². The summed E-state index contributed by atoms with van der Waals surface area (Å²) in [6.07, 6.45) is 6.36. The summed E-state index contributed by atoms with van der Waals surface area (Å²) in [4.78, 5) is 14.2. The summed E-state index contributed by atoms with van der Waals surface area (Å²) in [7, 11) is 0. The van der Waals surface area contributed by atoms with E-state index >= 15 is 0 Å². The minimum absolute atomic E-state index is 0.0677. The summed E-state index contributed by atoms with van der Waals surface area (Å²) in [6, 6.07) is 0.0677. The number of carbonyl (C=O) groups excluding carboxylic acids is 1. The van der Waals surface area contributed by atoms with E-state index in [1.54, 1.807) is 0 Å². The lowest BCUT2D eigenvalue weighted by atomic mass is 9.93. The summed E-state index contributed by atoms with van der Waals surface area (Å²) in [5.74, 6) is 0.913. The number of hydrogen-bond acceptors (Lipinski definition) is 3. The van der Waals surface area contributed by atoms with Gasteiger partial charge in [0.1, 0.15) is 0 Å². The zero-order valence-electron chi connectivity index (χ0n) is 10.5. The molecular weight excluding hydrogens is 216 g/mol. The fourth-order valence-electron chi connectivity index (χ4n) is 2.91. The van der Waals surface area contributed by atoms with Crippen molar-refractivity contribution in [3.8, 4) is 0 Å². The van der Waals surface area contributed by atoms with Crippen LogP contribution >= 0.6 is 0 Å². The van der Waals surface area contributed by atoms with Gasteiger partial charge in [-0.2, -0.15) is 0 Å². The maximum absolute atomic E-state index is 12.2. The van der Waals surface area contributed by atoms with Crippen LogP contribution in [0.15, 0.2) is 0 Å². The second-order valence-electron chi connectivity index (χ2n) is 5.28. The molecule has 0 bridgehead atoms. The highest BCUT2D eigenvalue weighted by atomic mass is 16.3.